The highest BCUT2D eigenvalue weighted by molar-refractivity contribution is 7.90. The number of nitrogens with one attached hydrogen (secondary N) is 1. The number of benzene rings is 3. The molecule has 3 aromatic carbocycles. The third kappa shape index (κ3) is 4.05. The molecule has 1 atom stereocenters. The Morgan fingerprint density at radius 3 is 2.03 bits per heavy atom. The Balaban J connectivity index is 1.63. The molecule has 2 amide bonds. The predicted octanol–water partition coefficient (Wildman–Crippen LogP) is 3.59. The summed E-state index contributed by atoms with van der Waals surface area (Å²) in [5, 5.41) is 5.65. The van der Waals surface area contributed by atoms with Gasteiger partial charge in [-0.25, -0.2) is 22.9 Å². The molecule has 1 heterocycles. The SMILES string of the molecule is O=C(NS(=O)(=O)c1ccccc1)N1C[C@H](c2ccccc2)C(c2ccccc2)=N1. The Morgan fingerprint density at radius 2 is 1.41 bits per heavy atom. The standard InChI is InChI=1S/C22H19N3O3S/c26-22(24-29(27,28)19-14-8-3-9-15-19)25-16-20(17-10-4-1-5-11-17)21(23-25)18-12-6-2-7-13-18/h1-15,20H,16H2,(H,24,26)/t20-/m1/s1. The molecule has 0 aliphatic carbocycles. The van der Waals surface area contributed by atoms with Crippen LogP contribution in [0.25, 0.3) is 0 Å². The second-order valence-electron chi connectivity index (χ2n) is 6.62. The summed E-state index contributed by atoms with van der Waals surface area (Å²) >= 11 is 0. The Hall–Kier alpha value is -3.45. The van der Waals surface area contributed by atoms with Crippen molar-refractivity contribution < 1.29 is 13.2 Å². The van der Waals surface area contributed by atoms with Gasteiger partial charge in [0.05, 0.1) is 17.2 Å². The van der Waals surface area contributed by atoms with E-state index in [-0.39, 0.29) is 17.4 Å². The minimum atomic E-state index is -3.97. The normalized spacial score (nSPS) is 16.3. The van der Waals surface area contributed by atoms with E-state index < -0.39 is 16.1 Å². The number of urea groups is 1. The Labute approximate surface area is 169 Å². The summed E-state index contributed by atoms with van der Waals surface area (Å²) in [4.78, 5) is 12.7. The molecule has 0 saturated heterocycles. The zero-order valence-electron chi connectivity index (χ0n) is 15.5. The maximum Gasteiger partial charge on any atom is 0.351 e. The molecular formula is C22H19N3O3S. The highest BCUT2D eigenvalue weighted by atomic mass is 32.2. The first kappa shape index (κ1) is 18.9. The van der Waals surface area contributed by atoms with E-state index in [0.717, 1.165) is 16.8 Å². The van der Waals surface area contributed by atoms with Gasteiger partial charge in [0.1, 0.15) is 0 Å². The van der Waals surface area contributed by atoms with Gasteiger partial charge >= 0.3 is 6.03 Å². The third-order valence-electron chi connectivity index (χ3n) is 4.70. The van der Waals surface area contributed by atoms with E-state index in [1.54, 1.807) is 18.2 Å². The van der Waals surface area contributed by atoms with Crippen LogP contribution in [0.5, 0.6) is 0 Å². The van der Waals surface area contributed by atoms with Crippen molar-refractivity contribution in [2.75, 3.05) is 6.54 Å². The summed E-state index contributed by atoms with van der Waals surface area (Å²) < 4.78 is 27.1. The molecule has 0 aromatic heterocycles. The molecule has 0 unspecified atom stereocenters. The van der Waals surface area contributed by atoms with Crippen LogP contribution < -0.4 is 4.72 Å². The van der Waals surface area contributed by atoms with Gasteiger partial charge in [0.25, 0.3) is 10.0 Å². The maximum absolute atomic E-state index is 12.7. The lowest BCUT2D eigenvalue weighted by Gasteiger charge is -2.16. The minimum absolute atomic E-state index is 0.0272. The molecule has 4 rings (SSSR count). The van der Waals surface area contributed by atoms with E-state index in [2.05, 4.69) is 9.82 Å². The average molecular weight is 405 g/mol. The Kier molecular flexibility index (Phi) is 5.14. The Morgan fingerprint density at radius 1 is 0.862 bits per heavy atom. The van der Waals surface area contributed by atoms with Crippen LogP contribution in [0.4, 0.5) is 4.79 Å². The number of hydrogen-bond acceptors (Lipinski definition) is 4. The topological polar surface area (TPSA) is 78.8 Å². The van der Waals surface area contributed by atoms with Crippen molar-refractivity contribution in [3.63, 3.8) is 0 Å². The van der Waals surface area contributed by atoms with Crippen molar-refractivity contribution in [2.24, 2.45) is 5.10 Å². The summed E-state index contributed by atoms with van der Waals surface area (Å²) in [6.45, 7) is 0.254. The van der Waals surface area contributed by atoms with Gasteiger partial charge in [0.15, 0.2) is 0 Å². The first-order valence-corrected chi connectivity index (χ1v) is 10.6. The number of rotatable bonds is 4. The zero-order valence-corrected chi connectivity index (χ0v) is 16.3. The fourth-order valence-corrected chi connectivity index (χ4v) is 4.24. The van der Waals surface area contributed by atoms with E-state index in [4.69, 9.17) is 0 Å². The first-order chi connectivity index (χ1) is 14.0. The molecule has 7 heteroatoms. The zero-order chi connectivity index (χ0) is 20.3. The summed E-state index contributed by atoms with van der Waals surface area (Å²) in [6, 6.07) is 26.3. The second-order valence-corrected chi connectivity index (χ2v) is 8.30. The molecular weight excluding hydrogens is 386 g/mol. The lowest BCUT2D eigenvalue weighted by Crippen LogP contribution is -2.39. The number of amides is 2. The molecule has 0 saturated carbocycles. The number of nitrogens with zero attached hydrogens (tertiary/aromatic N) is 2. The molecule has 0 bridgehead atoms. The second kappa shape index (κ2) is 7.89. The minimum Gasteiger partial charge on any atom is -0.246 e. The van der Waals surface area contributed by atoms with Gasteiger partial charge in [-0.05, 0) is 23.3 Å². The van der Waals surface area contributed by atoms with Crippen LogP contribution in [0.1, 0.15) is 17.0 Å². The van der Waals surface area contributed by atoms with E-state index in [1.165, 1.54) is 17.1 Å². The summed E-state index contributed by atoms with van der Waals surface area (Å²) in [5.41, 5.74) is 2.63. The maximum atomic E-state index is 12.7. The van der Waals surface area contributed by atoms with E-state index >= 15 is 0 Å². The van der Waals surface area contributed by atoms with Crippen LogP contribution in [0, 0.1) is 0 Å². The molecule has 0 spiro atoms. The number of sulfonamides is 1. The van der Waals surface area contributed by atoms with Gasteiger partial charge in [-0.15, -0.1) is 0 Å². The first-order valence-electron chi connectivity index (χ1n) is 9.13. The van der Waals surface area contributed by atoms with Gasteiger partial charge < -0.3 is 0 Å². The number of hydrogen-bond donors (Lipinski definition) is 1. The number of carbonyl (C=O) groups is 1. The largest absolute Gasteiger partial charge is 0.351 e. The van der Waals surface area contributed by atoms with Crippen LogP contribution >= 0.6 is 0 Å². The summed E-state index contributed by atoms with van der Waals surface area (Å²) in [5.74, 6) is -0.149. The summed E-state index contributed by atoms with van der Waals surface area (Å²) in [6.07, 6.45) is 0. The monoisotopic (exact) mass is 405 g/mol. The number of hydrazone groups is 1. The van der Waals surface area contributed by atoms with Gasteiger partial charge in [0.2, 0.25) is 0 Å². The highest BCUT2D eigenvalue weighted by Gasteiger charge is 2.33. The molecule has 146 valence electrons. The van der Waals surface area contributed by atoms with Gasteiger partial charge in [0, 0.05) is 5.92 Å². The quantitative estimate of drug-likeness (QED) is 0.720. The molecule has 1 aliphatic heterocycles. The van der Waals surface area contributed by atoms with Crippen LogP contribution in [0.2, 0.25) is 0 Å². The van der Waals surface area contributed by atoms with E-state index in [9.17, 15) is 13.2 Å². The van der Waals surface area contributed by atoms with Crippen molar-refractivity contribution in [3.05, 3.63) is 102 Å². The average Bonchev–Trinajstić information content (AvgIpc) is 3.21. The van der Waals surface area contributed by atoms with Crippen molar-refractivity contribution >= 4 is 21.8 Å². The van der Waals surface area contributed by atoms with Crippen LogP contribution in [-0.4, -0.2) is 31.7 Å². The van der Waals surface area contributed by atoms with Crippen molar-refractivity contribution in [3.8, 4) is 0 Å². The third-order valence-corrected chi connectivity index (χ3v) is 6.03. The van der Waals surface area contributed by atoms with Crippen molar-refractivity contribution in [2.45, 2.75) is 10.8 Å². The lowest BCUT2D eigenvalue weighted by atomic mass is 9.91. The van der Waals surface area contributed by atoms with Crippen LogP contribution in [-0.2, 0) is 10.0 Å². The van der Waals surface area contributed by atoms with Crippen LogP contribution in [0.15, 0.2) is 101 Å². The van der Waals surface area contributed by atoms with Gasteiger partial charge in [-0.3, -0.25) is 0 Å². The molecule has 29 heavy (non-hydrogen) atoms. The van der Waals surface area contributed by atoms with E-state index in [0.29, 0.717) is 0 Å². The fourth-order valence-electron chi connectivity index (χ4n) is 3.27. The van der Waals surface area contributed by atoms with E-state index in [1.807, 2.05) is 60.7 Å². The fraction of sp³-hybridized carbons (Fsp3) is 0.0909. The number of carbonyl (C=O) groups excluding carboxylic acids is 1. The van der Waals surface area contributed by atoms with Gasteiger partial charge in [-0.2, -0.15) is 5.10 Å². The molecule has 6 nitrogen and oxygen atoms in total. The van der Waals surface area contributed by atoms with Crippen molar-refractivity contribution in [1.29, 1.82) is 0 Å². The highest BCUT2D eigenvalue weighted by Crippen LogP contribution is 2.28. The summed E-state index contributed by atoms with van der Waals surface area (Å²) in [7, 11) is -3.97. The molecule has 3 aromatic rings. The molecule has 0 fully saturated rings. The van der Waals surface area contributed by atoms with Crippen LogP contribution in [0.3, 0.4) is 0 Å². The Bertz CT molecular complexity index is 1130. The lowest BCUT2D eigenvalue weighted by molar-refractivity contribution is 0.210. The van der Waals surface area contributed by atoms with Crippen molar-refractivity contribution in [1.82, 2.24) is 9.73 Å². The molecule has 1 aliphatic rings. The smallest absolute Gasteiger partial charge is 0.246 e. The van der Waals surface area contributed by atoms with Gasteiger partial charge in [-0.1, -0.05) is 78.9 Å². The predicted molar refractivity (Wildman–Crippen MR) is 111 cm³/mol. The molecule has 1 N–H and O–H groups in total. The molecule has 0 radical (unpaired) electrons.